The highest BCUT2D eigenvalue weighted by Crippen LogP contribution is 2.47. The van der Waals surface area contributed by atoms with Crippen molar-refractivity contribution in [3.05, 3.63) is 59.7 Å². The van der Waals surface area contributed by atoms with E-state index < -0.39 is 0 Å². The lowest BCUT2D eigenvalue weighted by atomic mass is 9.82. The SMILES string of the molecule is CC(C)(C)C.CC1(C)c2ccccc2-c2ccccc21. The lowest BCUT2D eigenvalue weighted by molar-refractivity contribution is 0.469. The Morgan fingerprint density at radius 2 is 0.950 bits per heavy atom. The summed E-state index contributed by atoms with van der Waals surface area (Å²) in [5.74, 6) is 0. The minimum atomic E-state index is 0.160. The summed E-state index contributed by atoms with van der Waals surface area (Å²) in [4.78, 5) is 0. The quantitative estimate of drug-likeness (QED) is 0.545. The Balaban J connectivity index is 0.000000257. The predicted molar refractivity (Wildman–Crippen MR) is 89.1 cm³/mol. The van der Waals surface area contributed by atoms with E-state index in [9.17, 15) is 0 Å². The molecule has 0 aromatic heterocycles. The van der Waals surface area contributed by atoms with Crippen LogP contribution in [0.3, 0.4) is 0 Å². The van der Waals surface area contributed by atoms with E-state index >= 15 is 0 Å². The average Bonchev–Trinajstić information content (AvgIpc) is 2.58. The second kappa shape index (κ2) is 5.09. The molecular formula is C20H26. The van der Waals surface area contributed by atoms with Gasteiger partial charge in [0.1, 0.15) is 0 Å². The van der Waals surface area contributed by atoms with E-state index in [1.54, 1.807) is 0 Å². The Hall–Kier alpha value is -1.56. The van der Waals surface area contributed by atoms with Crippen molar-refractivity contribution >= 4 is 0 Å². The Morgan fingerprint density at radius 1 is 0.650 bits per heavy atom. The molecule has 0 heterocycles. The number of fused-ring (bicyclic) bond motifs is 3. The fraction of sp³-hybridized carbons (Fsp3) is 0.400. The van der Waals surface area contributed by atoms with Crippen molar-refractivity contribution in [2.45, 2.75) is 47.0 Å². The van der Waals surface area contributed by atoms with Crippen LogP contribution in [0.15, 0.2) is 48.5 Å². The van der Waals surface area contributed by atoms with Crippen LogP contribution >= 0.6 is 0 Å². The Morgan fingerprint density at radius 3 is 1.30 bits per heavy atom. The van der Waals surface area contributed by atoms with Crippen molar-refractivity contribution in [1.29, 1.82) is 0 Å². The van der Waals surface area contributed by atoms with E-state index in [4.69, 9.17) is 0 Å². The minimum absolute atomic E-state index is 0.160. The fourth-order valence-electron chi connectivity index (χ4n) is 2.67. The van der Waals surface area contributed by atoms with Gasteiger partial charge in [-0.15, -0.1) is 0 Å². The first kappa shape index (κ1) is 14.8. The van der Waals surface area contributed by atoms with Gasteiger partial charge < -0.3 is 0 Å². The standard InChI is InChI=1S/C15H14.C5H12/c1-15(2)13-9-5-3-7-11(13)12-8-4-6-10-14(12)15;1-5(2,3)4/h3-10H,1-2H3;1-4H3. The Labute approximate surface area is 123 Å². The van der Waals surface area contributed by atoms with Gasteiger partial charge in [-0.2, -0.15) is 0 Å². The van der Waals surface area contributed by atoms with Gasteiger partial charge >= 0.3 is 0 Å². The maximum absolute atomic E-state index is 2.30. The van der Waals surface area contributed by atoms with E-state index in [-0.39, 0.29) is 5.41 Å². The van der Waals surface area contributed by atoms with Crippen LogP contribution in [0, 0.1) is 5.41 Å². The van der Waals surface area contributed by atoms with E-state index in [0.29, 0.717) is 5.41 Å². The average molecular weight is 266 g/mol. The highest BCUT2D eigenvalue weighted by atomic mass is 14.4. The van der Waals surface area contributed by atoms with Crippen molar-refractivity contribution < 1.29 is 0 Å². The van der Waals surface area contributed by atoms with Crippen LogP contribution < -0.4 is 0 Å². The molecule has 0 nitrogen and oxygen atoms in total. The highest BCUT2D eigenvalue weighted by Gasteiger charge is 2.34. The molecular weight excluding hydrogens is 240 g/mol. The van der Waals surface area contributed by atoms with Gasteiger partial charge in [-0.25, -0.2) is 0 Å². The van der Waals surface area contributed by atoms with Gasteiger partial charge in [0.05, 0.1) is 0 Å². The molecule has 0 fully saturated rings. The van der Waals surface area contributed by atoms with Gasteiger partial charge in [-0.1, -0.05) is 90.1 Å². The second-order valence-corrected chi connectivity index (χ2v) is 7.72. The third-order valence-corrected chi connectivity index (χ3v) is 3.49. The maximum atomic E-state index is 2.30. The zero-order valence-corrected chi connectivity index (χ0v) is 13.6. The van der Waals surface area contributed by atoms with Crippen molar-refractivity contribution in [3.63, 3.8) is 0 Å². The molecule has 0 saturated carbocycles. The summed E-state index contributed by atoms with van der Waals surface area (Å²) >= 11 is 0. The van der Waals surface area contributed by atoms with E-state index in [1.165, 1.54) is 22.3 Å². The molecule has 0 amide bonds. The summed E-state index contributed by atoms with van der Waals surface area (Å²) in [6, 6.07) is 17.4. The molecule has 1 aliphatic rings. The maximum Gasteiger partial charge on any atom is 0.0158 e. The van der Waals surface area contributed by atoms with Crippen molar-refractivity contribution in [3.8, 4) is 11.1 Å². The van der Waals surface area contributed by atoms with Crippen LogP contribution in [-0.4, -0.2) is 0 Å². The second-order valence-electron chi connectivity index (χ2n) is 7.72. The van der Waals surface area contributed by atoms with Crippen LogP contribution in [0.1, 0.15) is 52.7 Å². The molecule has 0 atom stereocenters. The molecule has 2 aromatic rings. The normalized spacial score (nSPS) is 14.9. The minimum Gasteiger partial charge on any atom is -0.0619 e. The van der Waals surface area contributed by atoms with Crippen LogP contribution in [0.4, 0.5) is 0 Å². The number of hydrogen-bond donors (Lipinski definition) is 0. The van der Waals surface area contributed by atoms with Crippen molar-refractivity contribution in [1.82, 2.24) is 0 Å². The van der Waals surface area contributed by atoms with Crippen LogP contribution in [-0.2, 0) is 5.41 Å². The first-order chi connectivity index (χ1) is 9.21. The Bertz CT molecular complexity index is 544. The third-order valence-electron chi connectivity index (χ3n) is 3.49. The number of hydrogen-bond acceptors (Lipinski definition) is 0. The fourth-order valence-corrected chi connectivity index (χ4v) is 2.67. The summed E-state index contributed by atoms with van der Waals surface area (Å²) < 4.78 is 0. The number of benzene rings is 2. The molecule has 0 aliphatic heterocycles. The zero-order valence-electron chi connectivity index (χ0n) is 13.6. The number of rotatable bonds is 0. The van der Waals surface area contributed by atoms with Crippen molar-refractivity contribution in [2.24, 2.45) is 5.41 Å². The first-order valence-electron chi connectivity index (χ1n) is 7.40. The molecule has 2 aromatic carbocycles. The summed E-state index contributed by atoms with van der Waals surface area (Å²) in [6.45, 7) is 13.4. The monoisotopic (exact) mass is 266 g/mol. The topological polar surface area (TPSA) is 0 Å². The molecule has 3 rings (SSSR count). The van der Waals surface area contributed by atoms with Gasteiger partial charge in [-0.3, -0.25) is 0 Å². The molecule has 0 bridgehead atoms. The van der Waals surface area contributed by atoms with Crippen LogP contribution in [0.5, 0.6) is 0 Å². The molecule has 0 spiro atoms. The van der Waals surface area contributed by atoms with E-state index in [1.807, 2.05) is 0 Å². The van der Waals surface area contributed by atoms with Gasteiger partial charge in [0.15, 0.2) is 0 Å². The smallest absolute Gasteiger partial charge is 0.0158 e. The largest absolute Gasteiger partial charge is 0.0619 e. The summed E-state index contributed by atoms with van der Waals surface area (Å²) in [6.07, 6.45) is 0. The highest BCUT2D eigenvalue weighted by molar-refractivity contribution is 5.80. The first-order valence-corrected chi connectivity index (χ1v) is 7.40. The van der Waals surface area contributed by atoms with E-state index in [2.05, 4.69) is 90.1 Å². The van der Waals surface area contributed by atoms with Gasteiger partial charge in [-0.05, 0) is 27.7 Å². The van der Waals surface area contributed by atoms with Gasteiger partial charge in [0, 0.05) is 5.41 Å². The predicted octanol–water partition coefficient (Wildman–Crippen LogP) is 6.05. The summed E-state index contributed by atoms with van der Waals surface area (Å²) in [5.41, 5.74) is 6.36. The molecule has 1 aliphatic carbocycles. The van der Waals surface area contributed by atoms with Gasteiger partial charge in [0.2, 0.25) is 0 Å². The Kier molecular flexibility index (Phi) is 3.77. The molecule has 20 heavy (non-hydrogen) atoms. The third kappa shape index (κ3) is 2.95. The molecule has 0 N–H and O–H groups in total. The van der Waals surface area contributed by atoms with Crippen LogP contribution in [0.2, 0.25) is 0 Å². The molecule has 0 radical (unpaired) electrons. The van der Waals surface area contributed by atoms with Crippen LogP contribution in [0.25, 0.3) is 11.1 Å². The zero-order chi connectivity index (χ0) is 15.0. The van der Waals surface area contributed by atoms with Crippen molar-refractivity contribution in [2.75, 3.05) is 0 Å². The summed E-state index contributed by atoms with van der Waals surface area (Å²) in [5, 5.41) is 0. The molecule has 0 saturated heterocycles. The lowest BCUT2D eigenvalue weighted by Crippen LogP contribution is -2.14. The molecule has 0 unspecified atom stereocenters. The van der Waals surface area contributed by atoms with Gasteiger partial charge in [0.25, 0.3) is 0 Å². The van der Waals surface area contributed by atoms with E-state index in [0.717, 1.165) is 0 Å². The molecule has 106 valence electrons. The lowest BCUT2D eigenvalue weighted by Gasteiger charge is -2.20. The molecule has 0 heteroatoms. The summed E-state index contributed by atoms with van der Waals surface area (Å²) in [7, 11) is 0.